The molecular weight excluding hydrogens is 290 g/mol. The first kappa shape index (κ1) is 13.1. The molecule has 0 aliphatic heterocycles. The Morgan fingerprint density at radius 2 is 2.19 bits per heavy atom. The van der Waals surface area contributed by atoms with E-state index in [1.807, 2.05) is 24.3 Å². The number of carbonyl (C=O) groups excluding carboxylic acids is 1. The van der Waals surface area contributed by atoms with Crippen molar-refractivity contribution in [3.63, 3.8) is 0 Å². The highest BCUT2D eigenvalue weighted by Gasteiger charge is 2.14. The number of pyridine rings is 1. The van der Waals surface area contributed by atoms with E-state index in [0.29, 0.717) is 10.5 Å². The van der Waals surface area contributed by atoms with Gasteiger partial charge in [0.15, 0.2) is 0 Å². The lowest BCUT2D eigenvalue weighted by Gasteiger charge is -2.05. The Bertz CT molecular complexity index is 880. The van der Waals surface area contributed by atoms with Crippen LogP contribution in [0.1, 0.15) is 16.1 Å². The number of rotatable bonds is 2. The number of H-pyrrole nitrogens is 1. The summed E-state index contributed by atoms with van der Waals surface area (Å²) in [5.74, 6) is -0.239. The van der Waals surface area contributed by atoms with E-state index in [2.05, 4.69) is 20.5 Å². The zero-order valence-electron chi connectivity index (χ0n) is 10.6. The lowest BCUT2D eigenvalue weighted by molar-refractivity contribution is 0.102. The van der Waals surface area contributed by atoms with Crippen LogP contribution in [0.4, 0.5) is 5.82 Å². The topological polar surface area (TPSA) is 94.5 Å². The molecule has 0 saturated heterocycles. The number of hydrogen-bond acceptors (Lipinski definition) is 4. The molecule has 0 radical (unpaired) electrons. The maximum atomic E-state index is 12.2. The van der Waals surface area contributed by atoms with E-state index in [9.17, 15) is 4.79 Å². The van der Waals surface area contributed by atoms with Crippen LogP contribution in [-0.4, -0.2) is 21.1 Å². The summed E-state index contributed by atoms with van der Waals surface area (Å²) in [4.78, 5) is 16.4. The highest BCUT2D eigenvalue weighted by molar-refractivity contribution is 6.35. The van der Waals surface area contributed by atoms with Crippen molar-refractivity contribution in [2.75, 3.05) is 5.32 Å². The first-order valence-electron chi connectivity index (χ1n) is 5.99. The third-order valence-corrected chi connectivity index (χ3v) is 3.21. The number of nitrogens with one attached hydrogen (secondary N) is 2. The molecule has 0 fully saturated rings. The molecular formula is C14H8ClN5O. The van der Waals surface area contributed by atoms with Crippen molar-refractivity contribution in [3.05, 3.63) is 52.8 Å². The Morgan fingerprint density at radius 3 is 3.00 bits per heavy atom. The Labute approximate surface area is 124 Å². The predicted octanol–water partition coefficient (Wildman–Crippen LogP) is 2.74. The number of amides is 1. The van der Waals surface area contributed by atoms with E-state index in [1.54, 1.807) is 6.07 Å². The summed E-state index contributed by atoms with van der Waals surface area (Å²) in [6, 6.07) is 10.7. The van der Waals surface area contributed by atoms with Gasteiger partial charge < -0.3 is 5.32 Å². The van der Waals surface area contributed by atoms with Gasteiger partial charge in [-0.25, -0.2) is 4.98 Å². The Morgan fingerprint density at radius 1 is 1.38 bits per heavy atom. The number of nitrogens with zero attached hydrogens (tertiary/aromatic N) is 3. The molecule has 2 N–H and O–H groups in total. The van der Waals surface area contributed by atoms with Crippen LogP contribution in [0.3, 0.4) is 0 Å². The average Bonchev–Trinajstić information content (AvgIpc) is 2.94. The molecule has 0 aliphatic carbocycles. The van der Waals surface area contributed by atoms with E-state index in [-0.39, 0.29) is 17.1 Å². The van der Waals surface area contributed by atoms with Gasteiger partial charge in [0.05, 0.1) is 16.7 Å². The van der Waals surface area contributed by atoms with E-state index < -0.39 is 5.91 Å². The number of halogens is 1. The second-order valence-corrected chi connectivity index (χ2v) is 4.64. The first-order chi connectivity index (χ1) is 10.2. The maximum absolute atomic E-state index is 12.2. The fourth-order valence-corrected chi connectivity index (χ4v) is 2.16. The van der Waals surface area contributed by atoms with Gasteiger partial charge in [-0.1, -0.05) is 29.8 Å². The van der Waals surface area contributed by atoms with Crippen molar-refractivity contribution in [2.45, 2.75) is 0 Å². The summed E-state index contributed by atoms with van der Waals surface area (Å²) in [5, 5.41) is 18.9. The summed E-state index contributed by atoms with van der Waals surface area (Å²) in [7, 11) is 0. The molecule has 3 aromatic rings. The molecule has 0 bridgehead atoms. The molecule has 3 rings (SSSR count). The van der Waals surface area contributed by atoms with Crippen LogP contribution in [0.25, 0.3) is 10.9 Å². The molecule has 0 spiro atoms. The molecule has 6 nitrogen and oxygen atoms in total. The third-order valence-electron chi connectivity index (χ3n) is 2.90. The van der Waals surface area contributed by atoms with Crippen molar-refractivity contribution in [2.24, 2.45) is 0 Å². The number of hydrogen-bond donors (Lipinski definition) is 2. The molecule has 2 aromatic heterocycles. The van der Waals surface area contributed by atoms with Crippen LogP contribution in [0.2, 0.25) is 5.02 Å². The number of carbonyl (C=O) groups is 1. The average molecular weight is 298 g/mol. The molecule has 0 aliphatic rings. The summed E-state index contributed by atoms with van der Waals surface area (Å²) < 4.78 is 0. The molecule has 0 atom stereocenters. The van der Waals surface area contributed by atoms with Crippen LogP contribution in [-0.2, 0) is 0 Å². The second kappa shape index (κ2) is 5.23. The molecule has 0 unspecified atom stereocenters. The van der Waals surface area contributed by atoms with Crippen LogP contribution >= 0.6 is 11.6 Å². The zero-order chi connectivity index (χ0) is 14.8. The molecule has 1 aromatic carbocycles. The van der Waals surface area contributed by atoms with Crippen LogP contribution in [0.5, 0.6) is 0 Å². The molecule has 0 saturated carbocycles. The van der Waals surface area contributed by atoms with Gasteiger partial charge in [0.25, 0.3) is 5.91 Å². The van der Waals surface area contributed by atoms with Crippen molar-refractivity contribution in [1.29, 1.82) is 5.26 Å². The molecule has 2 heterocycles. The fraction of sp³-hybridized carbons (Fsp3) is 0. The predicted molar refractivity (Wildman–Crippen MR) is 78.0 cm³/mol. The van der Waals surface area contributed by atoms with Crippen LogP contribution in [0, 0.1) is 11.3 Å². The minimum absolute atomic E-state index is 0.164. The quantitative estimate of drug-likeness (QED) is 0.760. The van der Waals surface area contributed by atoms with Crippen molar-refractivity contribution < 1.29 is 4.79 Å². The number of para-hydroxylation sites is 1. The van der Waals surface area contributed by atoms with Gasteiger partial charge in [0.1, 0.15) is 23.1 Å². The van der Waals surface area contributed by atoms with E-state index in [0.717, 1.165) is 5.39 Å². The lowest BCUT2D eigenvalue weighted by Crippen LogP contribution is -2.14. The summed E-state index contributed by atoms with van der Waals surface area (Å²) in [6.07, 6.45) is 1.33. The van der Waals surface area contributed by atoms with Crippen LogP contribution < -0.4 is 5.32 Å². The number of fused-ring (bicyclic) bond motifs is 1. The molecule has 1 amide bonds. The van der Waals surface area contributed by atoms with Gasteiger partial charge in [0, 0.05) is 5.39 Å². The van der Waals surface area contributed by atoms with Crippen molar-refractivity contribution >= 4 is 34.2 Å². The number of benzene rings is 1. The van der Waals surface area contributed by atoms with Gasteiger partial charge in [0.2, 0.25) is 0 Å². The number of aromatic nitrogens is 3. The Hall–Kier alpha value is -2.91. The van der Waals surface area contributed by atoms with Gasteiger partial charge >= 0.3 is 0 Å². The smallest absolute Gasteiger partial charge is 0.275 e. The standard InChI is InChI=1S/C14H8ClN5O/c15-10-5-12(18-11-4-2-1-3-9(10)11)14(21)19-13-8(6-16)7-17-20-13/h1-5,7H,(H2,17,19,20,21). The minimum atomic E-state index is -0.469. The van der Waals surface area contributed by atoms with Gasteiger partial charge in [-0.2, -0.15) is 10.4 Å². The lowest BCUT2D eigenvalue weighted by atomic mass is 10.2. The van der Waals surface area contributed by atoms with Crippen LogP contribution in [0.15, 0.2) is 36.5 Å². The van der Waals surface area contributed by atoms with Crippen molar-refractivity contribution in [3.8, 4) is 6.07 Å². The third kappa shape index (κ3) is 2.42. The largest absolute Gasteiger partial charge is 0.304 e. The zero-order valence-corrected chi connectivity index (χ0v) is 11.3. The normalized spacial score (nSPS) is 10.3. The molecule has 102 valence electrons. The Balaban J connectivity index is 1.97. The van der Waals surface area contributed by atoms with Crippen molar-refractivity contribution in [1.82, 2.24) is 15.2 Å². The summed E-state index contributed by atoms with van der Waals surface area (Å²) in [5.41, 5.74) is 1.03. The highest BCUT2D eigenvalue weighted by atomic mass is 35.5. The maximum Gasteiger partial charge on any atom is 0.275 e. The minimum Gasteiger partial charge on any atom is -0.304 e. The molecule has 7 heteroatoms. The first-order valence-corrected chi connectivity index (χ1v) is 6.37. The fourth-order valence-electron chi connectivity index (χ4n) is 1.89. The SMILES string of the molecule is N#Cc1cn[nH]c1NC(=O)c1cc(Cl)c2ccccc2n1. The van der Waals surface area contributed by atoms with E-state index in [1.165, 1.54) is 12.3 Å². The van der Waals surface area contributed by atoms with E-state index in [4.69, 9.17) is 16.9 Å². The Kier molecular flexibility index (Phi) is 3.26. The van der Waals surface area contributed by atoms with Gasteiger partial charge in [-0.3, -0.25) is 9.89 Å². The monoisotopic (exact) mass is 297 g/mol. The molecule has 21 heavy (non-hydrogen) atoms. The number of aromatic amines is 1. The number of nitriles is 1. The summed E-state index contributed by atoms with van der Waals surface area (Å²) in [6.45, 7) is 0. The summed E-state index contributed by atoms with van der Waals surface area (Å²) >= 11 is 6.15. The van der Waals surface area contributed by atoms with E-state index >= 15 is 0 Å². The van der Waals surface area contributed by atoms with Gasteiger partial charge in [-0.15, -0.1) is 0 Å². The highest BCUT2D eigenvalue weighted by Crippen LogP contribution is 2.23. The van der Waals surface area contributed by atoms with Gasteiger partial charge in [-0.05, 0) is 12.1 Å². The second-order valence-electron chi connectivity index (χ2n) is 4.23. The number of anilines is 1.